The first-order chi connectivity index (χ1) is 6.34. The van der Waals surface area contributed by atoms with Gasteiger partial charge in [0.1, 0.15) is 5.78 Å². The number of carbonyl (C=O) groups is 1. The summed E-state index contributed by atoms with van der Waals surface area (Å²) in [5.41, 5.74) is 0. The van der Waals surface area contributed by atoms with Gasteiger partial charge in [-0.3, -0.25) is 4.79 Å². The largest absolute Gasteiger partial charge is 0.396 e. The number of unbranched alkanes of at least 4 members (excludes halogenated alkanes) is 2. The van der Waals surface area contributed by atoms with E-state index in [1.807, 2.05) is 0 Å². The molecule has 1 atom stereocenters. The molecule has 1 saturated carbocycles. The van der Waals surface area contributed by atoms with E-state index in [0.29, 0.717) is 18.3 Å². The van der Waals surface area contributed by atoms with Crippen LogP contribution in [0.3, 0.4) is 0 Å². The van der Waals surface area contributed by atoms with Crippen molar-refractivity contribution in [2.45, 2.75) is 51.4 Å². The minimum absolute atomic E-state index is 0.290. The Hall–Kier alpha value is -0.370. The molecular weight excluding hydrogens is 164 g/mol. The predicted octanol–water partition coefficient (Wildman–Crippen LogP) is 2.30. The van der Waals surface area contributed by atoms with Crippen molar-refractivity contribution < 1.29 is 9.90 Å². The maximum atomic E-state index is 11.4. The van der Waals surface area contributed by atoms with Crippen LogP contribution in [0.5, 0.6) is 0 Å². The van der Waals surface area contributed by atoms with E-state index >= 15 is 0 Å². The fourth-order valence-corrected chi connectivity index (χ4v) is 2.04. The van der Waals surface area contributed by atoms with Gasteiger partial charge in [0.2, 0.25) is 0 Å². The molecule has 0 aromatic rings. The Labute approximate surface area is 80.3 Å². The Morgan fingerprint density at radius 1 is 1.23 bits per heavy atom. The number of aliphatic hydroxyl groups is 1. The van der Waals surface area contributed by atoms with Crippen molar-refractivity contribution in [2.24, 2.45) is 5.92 Å². The van der Waals surface area contributed by atoms with E-state index in [1.54, 1.807) is 0 Å². The van der Waals surface area contributed by atoms with Gasteiger partial charge in [0.05, 0.1) is 0 Å². The second-order valence-electron chi connectivity index (χ2n) is 3.98. The molecule has 0 heterocycles. The van der Waals surface area contributed by atoms with Crippen LogP contribution in [0.1, 0.15) is 51.4 Å². The average molecular weight is 184 g/mol. The highest BCUT2D eigenvalue weighted by Gasteiger charge is 2.20. The molecule has 2 nitrogen and oxygen atoms in total. The second-order valence-corrected chi connectivity index (χ2v) is 3.98. The highest BCUT2D eigenvalue weighted by atomic mass is 16.2. The molecule has 1 unspecified atom stereocenters. The molecule has 0 spiro atoms. The lowest BCUT2D eigenvalue weighted by Gasteiger charge is -2.19. The lowest BCUT2D eigenvalue weighted by molar-refractivity contribution is -0.124. The lowest BCUT2D eigenvalue weighted by Crippen LogP contribution is -2.18. The zero-order chi connectivity index (χ0) is 9.52. The Kier molecular flexibility index (Phi) is 5.06. The summed E-state index contributed by atoms with van der Waals surface area (Å²) in [5, 5.41) is 8.59. The summed E-state index contributed by atoms with van der Waals surface area (Å²) in [5.74, 6) is 0.836. The number of aliphatic hydroxyl groups excluding tert-OH is 1. The molecular formula is C11H20O2. The van der Waals surface area contributed by atoms with E-state index in [0.717, 1.165) is 44.9 Å². The molecule has 0 aromatic heterocycles. The van der Waals surface area contributed by atoms with Crippen LogP contribution in [0.15, 0.2) is 0 Å². The molecule has 1 aliphatic rings. The van der Waals surface area contributed by atoms with Crippen LogP contribution < -0.4 is 0 Å². The number of rotatable bonds is 5. The number of carbonyl (C=O) groups excluding carboxylic acids is 1. The fraction of sp³-hybridized carbons (Fsp3) is 0.909. The normalized spacial score (nSPS) is 23.5. The maximum Gasteiger partial charge on any atom is 0.135 e. The van der Waals surface area contributed by atoms with Gasteiger partial charge in [-0.05, 0) is 25.7 Å². The van der Waals surface area contributed by atoms with Crippen LogP contribution in [-0.2, 0) is 4.79 Å². The minimum atomic E-state index is 0.290. The molecule has 1 fully saturated rings. The third-order valence-electron chi connectivity index (χ3n) is 2.89. The van der Waals surface area contributed by atoms with Crippen molar-refractivity contribution >= 4 is 5.78 Å². The minimum Gasteiger partial charge on any atom is -0.396 e. The van der Waals surface area contributed by atoms with Gasteiger partial charge in [0.15, 0.2) is 0 Å². The highest BCUT2D eigenvalue weighted by Crippen LogP contribution is 2.25. The van der Waals surface area contributed by atoms with E-state index in [9.17, 15) is 4.79 Å². The Morgan fingerprint density at radius 2 is 2.08 bits per heavy atom. The number of hydrogen-bond donors (Lipinski definition) is 1. The summed E-state index contributed by atoms with van der Waals surface area (Å²) in [6.07, 6.45) is 8.38. The average Bonchev–Trinajstić information content (AvgIpc) is 2.15. The van der Waals surface area contributed by atoms with E-state index in [-0.39, 0.29) is 0 Å². The zero-order valence-electron chi connectivity index (χ0n) is 8.30. The molecule has 1 aliphatic carbocycles. The van der Waals surface area contributed by atoms with Gasteiger partial charge < -0.3 is 5.11 Å². The highest BCUT2D eigenvalue weighted by molar-refractivity contribution is 5.81. The SMILES string of the molecule is O=C1CCCCC1CCCCCO. The molecule has 13 heavy (non-hydrogen) atoms. The number of Topliss-reactive ketones (excluding diaryl/α,β-unsaturated/α-hetero) is 1. The third-order valence-corrected chi connectivity index (χ3v) is 2.89. The van der Waals surface area contributed by atoms with Crippen LogP contribution in [0, 0.1) is 5.92 Å². The van der Waals surface area contributed by atoms with Crippen LogP contribution in [0.25, 0.3) is 0 Å². The van der Waals surface area contributed by atoms with Crippen LogP contribution in [0.4, 0.5) is 0 Å². The molecule has 0 amide bonds. The van der Waals surface area contributed by atoms with Crippen molar-refractivity contribution in [3.05, 3.63) is 0 Å². The van der Waals surface area contributed by atoms with E-state index < -0.39 is 0 Å². The van der Waals surface area contributed by atoms with E-state index in [4.69, 9.17) is 5.11 Å². The Balaban J connectivity index is 2.08. The summed E-state index contributed by atoms with van der Waals surface area (Å²) >= 11 is 0. The van der Waals surface area contributed by atoms with Crippen LogP contribution in [-0.4, -0.2) is 17.5 Å². The summed E-state index contributed by atoms with van der Waals surface area (Å²) in [7, 11) is 0. The molecule has 1 rings (SSSR count). The van der Waals surface area contributed by atoms with Crippen molar-refractivity contribution in [1.29, 1.82) is 0 Å². The number of ketones is 1. The summed E-state index contributed by atoms with van der Waals surface area (Å²) in [4.78, 5) is 11.4. The van der Waals surface area contributed by atoms with Gasteiger partial charge >= 0.3 is 0 Å². The standard InChI is InChI=1S/C11H20O2/c12-9-5-1-2-6-10-7-3-4-8-11(10)13/h10,12H,1-9H2. The topological polar surface area (TPSA) is 37.3 Å². The number of hydrogen-bond acceptors (Lipinski definition) is 2. The van der Waals surface area contributed by atoms with Gasteiger partial charge in [0.25, 0.3) is 0 Å². The van der Waals surface area contributed by atoms with Gasteiger partial charge in [-0.1, -0.05) is 19.3 Å². The van der Waals surface area contributed by atoms with Gasteiger partial charge in [-0.15, -0.1) is 0 Å². The summed E-state index contributed by atoms with van der Waals surface area (Å²) < 4.78 is 0. The molecule has 0 radical (unpaired) electrons. The van der Waals surface area contributed by atoms with Crippen LogP contribution in [0.2, 0.25) is 0 Å². The van der Waals surface area contributed by atoms with Crippen molar-refractivity contribution in [3.8, 4) is 0 Å². The maximum absolute atomic E-state index is 11.4. The monoisotopic (exact) mass is 184 g/mol. The Bertz CT molecular complexity index is 154. The zero-order valence-corrected chi connectivity index (χ0v) is 8.30. The van der Waals surface area contributed by atoms with Crippen molar-refractivity contribution in [2.75, 3.05) is 6.61 Å². The Morgan fingerprint density at radius 3 is 2.77 bits per heavy atom. The van der Waals surface area contributed by atoms with Gasteiger partial charge in [-0.2, -0.15) is 0 Å². The lowest BCUT2D eigenvalue weighted by atomic mass is 9.84. The first-order valence-electron chi connectivity index (χ1n) is 5.48. The van der Waals surface area contributed by atoms with Gasteiger partial charge in [-0.25, -0.2) is 0 Å². The molecule has 0 saturated heterocycles. The van der Waals surface area contributed by atoms with Gasteiger partial charge in [0, 0.05) is 18.9 Å². The molecule has 0 aliphatic heterocycles. The third kappa shape index (κ3) is 3.90. The first kappa shape index (κ1) is 10.7. The quantitative estimate of drug-likeness (QED) is 0.666. The first-order valence-corrected chi connectivity index (χ1v) is 5.48. The van der Waals surface area contributed by atoms with Crippen molar-refractivity contribution in [3.63, 3.8) is 0 Å². The second kappa shape index (κ2) is 6.14. The van der Waals surface area contributed by atoms with Crippen LogP contribution >= 0.6 is 0 Å². The molecule has 0 aromatic carbocycles. The van der Waals surface area contributed by atoms with Crippen molar-refractivity contribution in [1.82, 2.24) is 0 Å². The fourth-order valence-electron chi connectivity index (χ4n) is 2.04. The van der Waals surface area contributed by atoms with E-state index in [2.05, 4.69) is 0 Å². The molecule has 76 valence electrons. The smallest absolute Gasteiger partial charge is 0.135 e. The molecule has 1 N–H and O–H groups in total. The predicted molar refractivity (Wildman–Crippen MR) is 52.5 cm³/mol. The summed E-state index contributed by atoms with van der Waals surface area (Å²) in [6.45, 7) is 0.290. The summed E-state index contributed by atoms with van der Waals surface area (Å²) in [6, 6.07) is 0. The molecule has 0 bridgehead atoms. The molecule has 2 heteroatoms. The van der Waals surface area contributed by atoms with E-state index in [1.165, 1.54) is 6.42 Å².